The quantitative estimate of drug-likeness (QED) is 0.718. The van der Waals surface area contributed by atoms with Crippen LogP contribution in [0.25, 0.3) is 0 Å². The maximum absolute atomic E-state index is 3.69. The highest BCUT2D eigenvalue weighted by molar-refractivity contribution is 4.86. The fraction of sp³-hybridized carbons (Fsp3) is 1.00. The SMILES string of the molecule is CCNC(CCC1CCC(C)CC1)C1CC1. The van der Waals surface area contributed by atoms with Crippen molar-refractivity contribution >= 4 is 0 Å². The van der Waals surface area contributed by atoms with Gasteiger partial charge >= 0.3 is 0 Å². The van der Waals surface area contributed by atoms with E-state index in [0.29, 0.717) is 0 Å². The summed E-state index contributed by atoms with van der Waals surface area (Å²) < 4.78 is 0. The van der Waals surface area contributed by atoms with E-state index in [-0.39, 0.29) is 0 Å². The molecule has 2 fully saturated rings. The van der Waals surface area contributed by atoms with Gasteiger partial charge in [-0.25, -0.2) is 0 Å². The normalized spacial score (nSPS) is 32.6. The third-order valence-corrected chi connectivity index (χ3v) is 4.68. The number of hydrogen-bond acceptors (Lipinski definition) is 1. The van der Waals surface area contributed by atoms with Crippen LogP contribution in [0.1, 0.15) is 65.2 Å². The second-order valence-electron chi connectivity index (χ2n) is 6.20. The first kappa shape index (κ1) is 12.4. The Hall–Kier alpha value is -0.0400. The summed E-state index contributed by atoms with van der Waals surface area (Å²) in [5.41, 5.74) is 0. The molecule has 0 amide bonds. The average Bonchev–Trinajstić information content (AvgIpc) is 3.10. The molecular formula is C15H29N. The Morgan fingerprint density at radius 3 is 2.31 bits per heavy atom. The summed E-state index contributed by atoms with van der Waals surface area (Å²) in [5, 5.41) is 3.69. The minimum absolute atomic E-state index is 0.851. The predicted octanol–water partition coefficient (Wildman–Crippen LogP) is 3.98. The number of hydrogen-bond donors (Lipinski definition) is 1. The van der Waals surface area contributed by atoms with E-state index >= 15 is 0 Å². The van der Waals surface area contributed by atoms with E-state index in [0.717, 1.165) is 30.3 Å². The largest absolute Gasteiger partial charge is 0.314 e. The van der Waals surface area contributed by atoms with Crippen molar-refractivity contribution in [3.05, 3.63) is 0 Å². The molecule has 2 aliphatic rings. The monoisotopic (exact) mass is 223 g/mol. The van der Waals surface area contributed by atoms with Crippen LogP contribution in [-0.2, 0) is 0 Å². The van der Waals surface area contributed by atoms with Crippen LogP contribution in [0.2, 0.25) is 0 Å². The summed E-state index contributed by atoms with van der Waals surface area (Å²) in [4.78, 5) is 0. The lowest BCUT2D eigenvalue weighted by Gasteiger charge is -2.27. The average molecular weight is 223 g/mol. The Balaban J connectivity index is 1.65. The molecule has 1 nitrogen and oxygen atoms in total. The summed E-state index contributed by atoms with van der Waals surface area (Å²) >= 11 is 0. The molecule has 1 atom stereocenters. The van der Waals surface area contributed by atoms with E-state index in [1.54, 1.807) is 0 Å². The Morgan fingerprint density at radius 1 is 1.06 bits per heavy atom. The lowest BCUT2D eigenvalue weighted by Crippen LogP contribution is -2.31. The van der Waals surface area contributed by atoms with Crippen LogP contribution in [0, 0.1) is 17.8 Å². The molecule has 2 rings (SSSR count). The minimum Gasteiger partial charge on any atom is -0.314 e. The summed E-state index contributed by atoms with van der Waals surface area (Å²) in [6, 6.07) is 0.851. The van der Waals surface area contributed by atoms with Crippen LogP contribution in [0.15, 0.2) is 0 Å². The van der Waals surface area contributed by atoms with Gasteiger partial charge in [0.05, 0.1) is 0 Å². The van der Waals surface area contributed by atoms with Gasteiger partial charge in [0.15, 0.2) is 0 Å². The van der Waals surface area contributed by atoms with E-state index in [1.807, 2.05) is 0 Å². The van der Waals surface area contributed by atoms with Crippen molar-refractivity contribution in [1.29, 1.82) is 0 Å². The smallest absolute Gasteiger partial charge is 0.00953 e. The molecule has 2 saturated carbocycles. The maximum atomic E-state index is 3.69. The molecule has 0 heterocycles. The zero-order valence-corrected chi connectivity index (χ0v) is 11.2. The molecule has 0 aliphatic heterocycles. The van der Waals surface area contributed by atoms with E-state index < -0.39 is 0 Å². The molecule has 0 saturated heterocycles. The highest BCUT2D eigenvalue weighted by Gasteiger charge is 2.31. The molecule has 2 aliphatic carbocycles. The molecule has 0 spiro atoms. The highest BCUT2D eigenvalue weighted by atomic mass is 14.9. The van der Waals surface area contributed by atoms with Crippen LogP contribution in [0.4, 0.5) is 0 Å². The zero-order valence-electron chi connectivity index (χ0n) is 11.2. The zero-order chi connectivity index (χ0) is 11.4. The van der Waals surface area contributed by atoms with Crippen molar-refractivity contribution in [2.75, 3.05) is 6.54 Å². The van der Waals surface area contributed by atoms with Crippen LogP contribution in [0.3, 0.4) is 0 Å². The molecule has 94 valence electrons. The van der Waals surface area contributed by atoms with Crippen LogP contribution in [-0.4, -0.2) is 12.6 Å². The van der Waals surface area contributed by atoms with Crippen LogP contribution >= 0.6 is 0 Å². The van der Waals surface area contributed by atoms with Crippen LogP contribution in [0.5, 0.6) is 0 Å². The third-order valence-electron chi connectivity index (χ3n) is 4.68. The molecule has 0 aromatic carbocycles. The van der Waals surface area contributed by atoms with E-state index in [9.17, 15) is 0 Å². The fourth-order valence-corrected chi connectivity index (χ4v) is 3.30. The second-order valence-corrected chi connectivity index (χ2v) is 6.20. The van der Waals surface area contributed by atoms with Gasteiger partial charge in [-0.1, -0.05) is 39.5 Å². The van der Waals surface area contributed by atoms with Crippen molar-refractivity contribution in [2.24, 2.45) is 17.8 Å². The topological polar surface area (TPSA) is 12.0 Å². The van der Waals surface area contributed by atoms with Gasteiger partial charge in [-0.05, 0) is 50.0 Å². The number of nitrogens with one attached hydrogen (secondary N) is 1. The van der Waals surface area contributed by atoms with E-state index in [2.05, 4.69) is 19.2 Å². The first-order valence-corrected chi connectivity index (χ1v) is 7.53. The van der Waals surface area contributed by atoms with Gasteiger partial charge in [0, 0.05) is 6.04 Å². The molecule has 0 radical (unpaired) electrons. The molecule has 0 aromatic heterocycles. The summed E-state index contributed by atoms with van der Waals surface area (Å²) in [7, 11) is 0. The van der Waals surface area contributed by atoms with Gasteiger partial charge in [-0.3, -0.25) is 0 Å². The minimum atomic E-state index is 0.851. The van der Waals surface area contributed by atoms with Crippen molar-refractivity contribution < 1.29 is 0 Å². The van der Waals surface area contributed by atoms with Gasteiger partial charge in [-0.15, -0.1) is 0 Å². The molecule has 1 heteroatoms. The Kier molecular flexibility index (Phi) is 4.69. The first-order valence-electron chi connectivity index (χ1n) is 7.53. The van der Waals surface area contributed by atoms with Crippen LogP contribution < -0.4 is 5.32 Å². The van der Waals surface area contributed by atoms with Crippen molar-refractivity contribution in [3.63, 3.8) is 0 Å². The Bertz CT molecular complexity index is 190. The van der Waals surface area contributed by atoms with Gasteiger partial charge in [0.2, 0.25) is 0 Å². The maximum Gasteiger partial charge on any atom is 0.00953 e. The Labute approximate surface area is 101 Å². The number of rotatable bonds is 6. The van der Waals surface area contributed by atoms with Gasteiger partial charge in [-0.2, -0.15) is 0 Å². The predicted molar refractivity (Wildman–Crippen MR) is 70.5 cm³/mol. The van der Waals surface area contributed by atoms with Gasteiger partial charge < -0.3 is 5.32 Å². The molecule has 0 aromatic rings. The van der Waals surface area contributed by atoms with E-state index in [4.69, 9.17) is 0 Å². The summed E-state index contributed by atoms with van der Waals surface area (Å²) in [6.07, 6.45) is 11.9. The highest BCUT2D eigenvalue weighted by Crippen LogP contribution is 2.37. The Morgan fingerprint density at radius 2 is 1.75 bits per heavy atom. The molecule has 1 unspecified atom stereocenters. The van der Waals surface area contributed by atoms with Gasteiger partial charge in [0.25, 0.3) is 0 Å². The van der Waals surface area contributed by atoms with E-state index in [1.165, 1.54) is 51.4 Å². The van der Waals surface area contributed by atoms with Crippen molar-refractivity contribution in [2.45, 2.75) is 71.3 Å². The summed E-state index contributed by atoms with van der Waals surface area (Å²) in [6.45, 7) is 5.82. The van der Waals surface area contributed by atoms with Crippen molar-refractivity contribution in [1.82, 2.24) is 5.32 Å². The fourth-order valence-electron chi connectivity index (χ4n) is 3.30. The third kappa shape index (κ3) is 3.76. The molecule has 0 bridgehead atoms. The molecule has 1 N–H and O–H groups in total. The lowest BCUT2D eigenvalue weighted by atomic mass is 9.80. The standard InChI is InChI=1S/C15H29N/c1-3-16-15(14-9-10-14)11-8-13-6-4-12(2)5-7-13/h12-16H,3-11H2,1-2H3. The van der Waals surface area contributed by atoms with Crippen molar-refractivity contribution in [3.8, 4) is 0 Å². The molecule has 16 heavy (non-hydrogen) atoms. The lowest BCUT2D eigenvalue weighted by molar-refractivity contribution is 0.260. The first-order chi connectivity index (χ1) is 7.79. The second kappa shape index (κ2) is 6.05. The van der Waals surface area contributed by atoms with Gasteiger partial charge in [0.1, 0.15) is 0 Å². The molecular weight excluding hydrogens is 194 g/mol. The summed E-state index contributed by atoms with van der Waals surface area (Å²) in [5.74, 6) is 3.09.